The highest BCUT2D eigenvalue weighted by molar-refractivity contribution is 5.52. The highest BCUT2D eigenvalue weighted by Crippen LogP contribution is 2.39. The normalized spacial score (nSPS) is 22.6. The maximum atomic E-state index is 4.13. The van der Waals surface area contributed by atoms with E-state index in [1.165, 1.54) is 27.9 Å². The van der Waals surface area contributed by atoms with Crippen molar-refractivity contribution in [2.24, 2.45) is 0 Å². The van der Waals surface area contributed by atoms with Gasteiger partial charge in [0.25, 0.3) is 0 Å². The molecule has 1 N–H and O–H groups in total. The molecule has 128 valence electrons. The second-order valence-electron chi connectivity index (χ2n) is 7.14. The maximum absolute atomic E-state index is 4.13. The van der Waals surface area contributed by atoms with E-state index in [1.54, 1.807) is 0 Å². The van der Waals surface area contributed by atoms with Crippen LogP contribution in [0.4, 0.5) is 0 Å². The second-order valence-corrected chi connectivity index (χ2v) is 7.14. The van der Waals surface area contributed by atoms with Crippen LogP contribution >= 0.6 is 0 Å². The largest absolute Gasteiger partial charge is 0.313 e. The van der Waals surface area contributed by atoms with E-state index in [-0.39, 0.29) is 5.41 Å². The Kier molecular flexibility index (Phi) is 6.01. The summed E-state index contributed by atoms with van der Waals surface area (Å²) in [5.41, 5.74) is 6.79. The first-order valence-electron chi connectivity index (χ1n) is 8.85. The minimum Gasteiger partial charge on any atom is -0.313 e. The molecule has 1 aliphatic rings. The van der Waals surface area contributed by atoms with E-state index in [1.807, 2.05) is 7.05 Å². The molecule has 1 aliphatic carbocycles. The predicted octanol–water partition coefficient (Wildman–Crippen LogP) is 5.72. The van der Waals surface area contributed by atoms with Gasteiger partial charge < -0.3 is 5.32 Å². The third kappa shape index (κ3) is 3.96. The van der Waals surface area contributed by atoms with Gasteiger partial charge in [-0.05, 0) is 62.9 Å². The van der Waals surface area contributed by atoms with Crippen molar-refractivity contribution < 1.29 is 0 Å². The van der Waals surface area contributed by atoms with Crippen molar-refractivity contribution in [3.63, 3.8) is 0 Å². The predicted molar refractivity (Wildman–Crippen MR) is 106 cm³/mol. The molecule has 2 unspecified atom stereocenters. The minimum atomic E-state index is 0.0583. The van der Waals surface area contributed by atoms with Gasteiger partial charge in [0.15, 0.2) is 0 Å². The smallest absolute Gasteiger partial charge is 0.0312 e. The van der Waals surface area contributed by atoms with Crippen molar-refractivity contribution in [2.75, 3.05) is 7.05 Å². The third-order valence-electron chi connectivity index (χ3n) is 5.22. The van der Waals surface area contributed by atoms with E-state index in [0.29, 0.717) is 6.04 Å². The van der Waals surface area contributed by atoms with Crippen LogP contribution in [0, 0.1) is 0 Å². The summed E-state index contributed by atoms with van der Waals surface area (Å²) in [5, 5.41) is 3.39. The fourth-order valence-corrected chi connectivity index (χ4v) is 3.46. The fourth-order valence-electron chi connectivity index (χ4n) is 3.46. The third-order valence-corrected chi connectivity index (χ3v) is 5.22. The summed E-state index contributed by atoms with van der Waals surface area (Å²) in [7, 11) is 2.01. The molecule has 0 saturated carbocycles. The number of nitrogens with one attached hydrogen (secondary N) is 1. The highest BCUT2D eigenvalue weighted by atomic mass is 14.9. The zero-order valence-electron chi connectivity index (χ0n) is 15.8. The number of benzene rings is 1. The number of hydrogen-bond donors (Lipinski definition) is 1. The van der Waals surface area contributed by atoms with Crippen molar-refractivity contribution in [3.05, 3.63) is 83.0 Å². The summed E-state index contributed by atoms with van der Waals surface area (Å²) in [6, 6.07) is 11.1. The van der Waals surface area contributed by atoms with Gasteiger partial charge in [-0.15, -0.1) is 0 Å². The second kappa shape index (κ2) is 7.81. The van der Waals surface area contributed by atoms with Crippen molar-refractivity contribution in [1.82, 2.24) is 5.32 Å². The number of hydrogen-bond acceptors (Lipinski definition) is 1. The van der Waals surface area contributed by atoms with E-state index in [9.17, 15) is 0 Å². The zero-order valence-corrected chi connectivity index (χ0v) is 15.8. The van der Waals surface area contributed by atoms with Gasteiger partial charge in [-0.1, -0.05) is 67.6 Å². The van der Waals surface area contributed by atoms with Gasteiger partial charge in [-0.3, -0.25) is 0 Å². The molecule has 0 bridgehead atoms. The molecule has 24 heavy (non-hydrogen) atoms. The number of likely N-dealkylation sites (N-methyl/N-ethyl adjacent to an activating group) is 1. The topological polar surface area (TPSA) is 12.0 Å². The minimum absolute atomic E-state index is 0.0583. The van der Waals surface area contributed by atoms with E-state index < -0.39 is 0 Å². The molecule has 0 spiro atoms. The molecule has 0 fully saturated rings. The first-order chi connectivity index (χ1) is 11.4. The number of rotatable bonds is 6. The molecule has 0 saturated heterocycles. The molecule has 2 atom stereocenters. The summed E-state index contributed by atoms with van der Waals surface area (Å²) in [5.74, 6) is 0. The lowest BCUT2D eigenvalue weighted by Gasteiger charge is -2.32. The average molecular weight is 322 g/mol. The first-order valence-corrected chi connectivity index (χ1v) is 8.85. The van der Waals surface area contributed by atoms with Crippen molar-refractivity contribution >= 4 is 0 Å². The highest BCUT2D eigenvalue weighted by Gasteiger charge is 2.28. The molecule has 0 aliphatic heterocycles. The van der Waals surface area contributed by atoms with Crippen LogP contribution in [-0.4, -0.2) is 13.1 Å². The quantitative estimate of drug-likeness (QED) is 0.661. The lowest BCUT2D eigenvalue weighted by Crippen LogP contribution is -2.28. The van der Waals surface area contributed by atoms with Crippen molar-refractivity contribution in [3.8, 4) is 0 Å². The Morgan fingerprint density at radius 2 is 2.00 bits per heavy atom. The molecule has 0 heterocycles. The fraction of sp³-hybridized carbons (Fsp3) is 0.391. The Morgan fingerprint density at radius 1 is 1.33 bits per heavy atom. The summed E-state index contributed by atoms with van der Waals surface area (Å²) >= 11 is 0. The van der Waals surface area contributed by atoms with Crippen LogP contribution in [0.15, 0.2) is 77.4 Å². The molecule has 1 aromatic carbocycles. The summed E-state index contributed by atoms with van der Waals surface area (Å²) in [6.45, 7) is 12.9. The average Bonchev–Trinajstić information content (AvgIpc) is 2.59. The van der Waals surface area contributed by atoms with E-state index in [4.69, 9.17) is 0 Å². The van der Waals surface area contributed by atoms with E-state index in [2.05, 4.69) is 88.2 Å². The summed E-state index contributed by atoms with van der Waals surface area (Å²) in [6.07, 6.45) is 9.15. The van der Waals surface area contributed by atoms with Crippen LogP contribution in [0.2, 0.25) is 0 Å². The van der Waals surface area contributed by atoms with E-state index >= 15 is 0 Å². The standard InChI is InChI=1S/C23H31N/c1-7-19(15-22(24-6)17(2)3)21-16-23(5,14-13-18(21)4)20-11-9-8-10-12-20/h7-13,16,22,24H,2,14-15H2,1,3-6H3/b19-7-. The SMILES string of the molecule is C=C(C)C(C/C(=C/C)C1=CC(C)(c2ccccc2)CC=C1C)NC. The maximum Gasteiger partial charge on any atom is 0.0312 e. The van der Waals surface area contributed by atoms with Crippen LogP contribution in [-0.2, 0) is 5.41 Å². The Balaban J connectivity index is 2.38. The summed E-state index contributed by atoms with van der Waals surface area (Å²) in [4.78, 5) is 0. The van der Waals surface area contributed by atoms with Gasteiger partial charge in [0.05, 0.1) is 0 Å². The molecule has 1 heteroatoms. The van der Waals surface area contributed by atoms with E-state index in [0.717, 1.165) is 12.8 Å². The lowest BCUT2D eigenvalue weighted by atomic mass is 9.72. The van der Waals surface area contributed by atoms with Crippen molar-refractivity contribution in [2.45, 2.75) is 52.0 Å². The molecule has 2 rings (SSSR count). The van der Waals surface area contributed by atoms with Gasteiger partial charge in [-0.2, -0.15) is 0 Å². The van der Waals surface area contributed by atoms with Crippen LogP contribution in [0.3, 0.4) is 0 Å². The first kappa shape index (κ1) is 18.5. The van der Waals surface area contributed by atoms with Gasteiger partial charge in [0.1, 0.15) is 0 Å². The van der Waals surface area contributed by atoms with Gasteiger partial charge >= 0.3 is 0 Å². The lowest BCUT2D eigenvalue weighted by molar-refractivity contribution is 0.586. The van der Waals surface area contributed by atoms with Crippen molar-refractivity contribution in [1.29, 1.82) is 0 Å². The zero-order chi connectivity index (χ0) is 17.7. The van der Waals surface area contributed by atoms with Crippen LogP contribution in [0.25, 0.3) is 0 Å². The monoisotopic (exact) mass is 321 g/mol. The molecule has 1 aromatic rings. The van der Waals surface area contributed by atoms with Gasteiger partial charge in [0.2, 0.25) is 0 Å². The molecule has 1 nitrogen and oxygen atoms in total. The van der Waals surface area contributed by atoms with Gasteiger partial charge in [-0.25, -0.2) is 0 Å². The van der Waals surface area contributed by atoms with Crippen LogP contribution in [0.5, 0.6) is 0 Å². The molecule has 0 radical (unpaired) electrons. The Labute approximate surface area is 147 Å². The molecule has 0 aromatic heterocycles. The van der Waals surface area contributed by atoms with Crippen LogP contribution < -0.4 is 5.32 Å². The Hall–Kier alpha value is -1.86. The molecule has 0 amide bonds. The van der Waals surface area contributed by atoms with Gasteiger partial charge in [0, 0.05) is 11.5 Å². The summed E-state index contributed by atoms with van der Waals surface area (Å²) < 4.78 is 0. The number of allylic oxidation sites excluding steroid dienone is 5. The molecular weight excluding hydrogens is 290 g/mol. The Bertz CT molecular complexity index is 675. The van der Waals surface area contributed by atoms with Crippen LogP contribution in [0.1, 0.15) is 46.1 Å². The Morgan fingerprint density at radius 3 is 2.54 bits per heavy atom. The molecular formula is C23H31N.